The van der Waals surface area contributed by atoms with Gasteiger partial charge in [0.1, 0.15) is 29.6 Å². The molecule has 0 spiro atoms. The van der Waals surface area contributed by atoms with E-state index in [0.717, 1.165) is 12.3 Å². The number of anilines is 1. The van der Waals surface area contributed by atoms with E-state index in [4.69, 9.17) is 28.0 Å². The minimum absolute atomic E-state index is 0.0834. The van der Waals surface area contributed by atoms with E-state index >= 15 is 0 Å². The van der Waals surface area contributed by atoms with Crippen LogP contribution in [-0.4, -0.2) is 52.5 Å². The van der Waals surface area contributed by atoms with E-state index in [0.29, 0.717) is 47.4 Å². The standard InChI is InChI=1S/C18H17Cl2F3N4O2S.C2H6/c1-11-13(19)3-4-15(16(11)25-29-2)30(28)27-7-5-26(6-8-27)17-14(20)9-12(10-24-17)18(21,22)23;1-2/h3-4,9-10H,1,5-8H2,2H3;1-2H3/b25-16+;. The molecule has 0 N–H and O–H groups in total. The van der Waals surface area contributed by atoms with Crippen LogP contribution in [0.1, 0.15) is 19.4 Å². The number of pyridine rings is 1. The monoisotopic (exact) mass is 510 g/mol. The van der Waals surface area contributed by atoms with Crippen molar-refractivity contribution in [2.75, 3.05) is 38.2 Å². The number of allylic oxidation sites excluding steroid dienone is 5. The van der Waals surface area contributed by atoms with Gasteiger partial charge in [-0.05, 0) is 18.2 Å². The van der Waals surface area contributed by atoms with Crippen molar-refractivity contribution in [3.05, 3.63) is 57.1 Å². The molecule has 0 amide bonds. The zero-order valence-electron chi connectivity index (χ0n) is 17.7. The Kier molecular flexibility index (Phi) is 9.32. The fourth-order valence-corrected chi connectivity index (χ4v) is 4.67. The first-order valence-electron chi connectivity index (χ1n) is 9.66. The van der Waals surface area contributed by atoms with E-state index in [1.54, 1.807) is 21.4 Å². The summed E-state index contributed by atoms with van der Waals surface area (Å²) in [5, 5.41) is 4.18. The lowest BCUT2D eigenvalue weighted by Crippen LogP contribution is -2.48. The second kappa shape index (κ2) is 11.3. The minimum atomic E-state index is -4.51. The average molecular weight is 511 g/mol. The van der Waals surface area contributed by atoms with Crippen LogP contribution in [0, 0.1) is 0 Å². The summed E-state index contributed by atoms with van der Waals surface area (Å²) in [5.41, 5.74) is -0.195. The summed E-state index contributed by atoms with van der Waals surface area (Å²) in [5.74, 6) is 0.261. The first-order valence-corrected chi connectivity index (χ1v) is 11.5. The summed E-state index contributed by atoms with van der Waals surface area (Å²) in [6.45, 7) is 9.34. The topological polar surface area (TPSA) is 58.0 Å². The van der Waals surface area contributed by atoms with Crippen molar-refractivity contribution in [1.82, 2.24) is 9.29 Å². The molecule has 32 heavy (non-hydrogen) atoms. The maximum Gasteiger partial charge on any atom is 0.417 e. The molecule has 0 radical (unpaired) electrons. The van der Waals surface area contributed by atoms with Gasteiger partial charge in [-0.25, -0.2) is 13.5 Å². The molecule has 6 nitrogen and oxygen atoms in total. The highest BCUT2D eigenvalue weighted by molar-refractivity contribution is 7.87. The van der Waals surface area contributed by atoms with E-state index in [9.17, 15) is 17.4 Å². The molecular weight excluding hydrogens is 488 g/mol. The molecular formula is C20H23Cl2F3N4O2S. The summed E-state index contributed by atoms with van der Waals surface area (Å²) >= 11 is 12.1. The number of piperazine rings is 1. The Labute approximate surface area is 197 Å². The van der Waals surface area contributed by atoms with Crippen LogP contribution in [0.4, 0.5) is 19.0 Å². The largest absolute Gasteiger partial charge is 0.417 e. The van der Waals surface area contributed by atoms with Gasteiger partial charge in [0.25, 0.3) is 0 Å². The van der Waals surface area contributed by atoms with Gasteiger partial charge in [0, 0.05) is 43.0 Å². The van der Waals surface area contributed by atoms with Crippen LogP contribution in [0.25, 0.3) is 0 Å². The molecule has 1 atom stereocenters. The van der Waals surface area contributed by atoms with E-state index in [1.165, 1.54) is 7.11 Å². The second-order valence-electron chi connectivity index (χ2n) is 6.34. The lowest BCUT2D eigenvalue weighted by atomic mass is 10.1. The van der Waals surface area contributed by atoms with Crippen LogP contribution >= 0.6 is 23.2 Å². The highest BCUT2D eigenvalue weighted by Crippen LogP contribution is 2.34. The number of nitrogens with zero attached hydrogens (tertiary/aromatic N) is 4. The number of aromatic nitrogens is 1. The SMILES string of the molecule is C=C1C(Cl)=CC=C(S(=O)N2CCN(c3ncc(C(F)(F)F)cc3Cl)CC2)/C1=N/OC.CC. The molecule has 0 aromatic carbocycles. The van der Waals surface area contributed by atoms with E-state index in [2.05, 4.69) is 16.7 Å². The molecule has 12 heteroatoms. The van der Waals surface area contributed by atoms with Gasteiger partial charge in [-0.3, -0.25) is 0 Å². The normalized spacial score (nSPS) is 19.7. The number of rotatable bonds is 4. The lowest BCUT2D eigenvalue weighted by Gasteiger charge is -2.35. The molecule has 1 aliphatic carbocycles. The summed E-state index contributed by atoms with van der Waals surface area (Å²) in [4.78, 5) is 10.9. The maximum absolute atomic E-state index is 13.1. The minimum Gasteiger partial charge on any atom is -0.399 e. The van der Waals surface area contributed by atoms with Crippen molar-refractivity contribution in [3.8, 4) is 0 Å². The van der Waals surface area contributed by atoms with E-state index in [-0.39, 0.29) is 10.8 Å². The van der Waals surface area contributed by atoms with Crippen LogP contribution < -0.4 is 4.90 Å². The van der Waals surface area contributed by atoms with Gasteiger partial charge < -0.3 is 9.74 Å². The van der Waals surface area contributed by atoms with E-state index in [1.807, 2.05) is 13.8 Å². The van der Waals surface area contributed by atoms with Crippen LogP contribution in [0.3, 0.4) is 0 Å². The van der Waals surface area contributed by atoms with Crippen LogP contribution in [-0.2, 0) is 22.0 Å². The molecule has 2 aliphatic rings. The van der Waals surface area contributed by atoms with Crippen molar-refractivity contribution in [2.45, 2.75) is 20.0 Å². The van der Waals surface area contributed by atoms with Gasteiger partial charge in [0.15, 0.2) is 0 Å². The van der Waals surface area contributed by atoms with Crippen LogP contribution in [0.5, 0.6) is 0 Å². The molecule has 1 aliphatic heterocycles. The number of halogens is 5. The zero-order valence-corrected chi connectivity index (χ0v) is 20.1. The summed E-state index contributed by atoms with van der Waals surface area (Å²) < 4.78 is 53.2. The van der Waals surface area contributed by atoms with Gasteiger partial charge >= 0.3 is 6.18 Å². The third-order valence-electron chi connectivity index (χ3n) is 4.48. The highest BCUT2D eigenvalue weighted by Gasteiger charge is 2.33. The van der Waals surface area contributed by atoms with Crippen molar-refractivity contribution >= 4 is 45.7 Å². The highest BCUT2D eigenvalue weighted by atomic mass is 35.5. The zero-order chi connectivity index (χ0) is 24.1. The summed E-state index contributed by atoms with van der Waals surface area (Å²) in [6.07, 6.45) is -0.561. The van der Waals surface area contributed by atoms with Crippen molar-refractivity contribution in [3.63, 3.8) is 0 Å². The molecule has 1 fully saturated rings. The fourth-order valence-electron chi connectivity index (χ4n) is 2.95. The number of hydrogen-bond donors (Lipinski definition) is 0. The third-order valence-corrected chi connectivity index (χ3v) is 6.65. The molecule has 0 saturated carbocycles. The van der Waals surface area contributed by atoms with Gasteiger partial charge in [0.2, 0.25) is 0 Å². The molecule has 2 heterocycles. The third kappa shape index (κ3) is 5.92. The first kappa shape index (κ1) is 26.4. The van der Waals surface area contributed by atoms with Gasteiger partial charge in [0.05, 0.1) is 15.5 Å². The van der Waals surface area contributed by atoms with Crippen molar-refractivity contribution in [1.29, 1.82) is 0 Å². The molecule has 1 unspecified atom stereocenters. The Bertz CT molecular complexity index is 972. The molecule has 1 saturated heterocycles. The Morgan fingerprint density at radius 3 is 2.34 bits per heavy atom. The van der Waals surface area contributed by atoms with Gasteiger partial charge in [-0.2, -0.15) is 13.2 Å². The number of oxime groups is 1. The smallest absolute Gasteiger partial charge is 0.399 e. The van der Waals surface area contributed by atoms with Crippen LogP contribution in [0.15, 0.2) is 51.7 Å². The van der Waals surface area contributed by atoms with E-state index < -0.39 is 22.7 Å². The van der Waals surface area contributed by atoms with Gasteiger partial charge in [-0.15, -0.1) is 0 Å². The maximum atomic E-state index is 13.1. The summed E-state index contributed by atoms with van der Waals surface area (Å²) in [6, 6.07) is 0.858. The molecule has 1 aromatic heterocycles. The molecule has 176 valence electrons. The van der Waals surface area contributed by atoms with Crippen molar-refractivity contribution < 1.29 is 22.2 Å². The Balaban J connectivity index is 0.00000176. The number of hydrogen-bond acceptors (Lipinski definition) is 5. The Hall–Kier alpha value is -1.88. The molecule has 1 aromatic rings. The Morgan fingerprint density at radius 2 is 1.81 bits per heavy atom. The lowest BCUT2D eigenvalue weighted by molar-refractivity contribution is -0.137. The predicted octanol–water partition coefficient (Wildman–Crippen LogP) is 5.14. The van der Waals surface area contributed by atoms with Crippen LogP contribution in [0.2, 0.25) is 5.02 Å². The second-order valence-corrected chi connectivity index (χ2v) is 8.61. The Morgan fingerprint density at radius 1 is 1.19 bits per heavy atom. The van der Waals surface area contributed by atoms with Crippen molar-refractivity contribution in [2.24, 2.45) is 5.16 Å². The summed E-state index contributed by atoms with van der Waals surface area (Å²) in [7, 11) is -0.194. The average Bonchev–Trinajstić information content (AvgIpc) is 2.77. The first-order chi connectivity index (χ1) is 15.1. The number of alkyl halides is 3. The fraction of sp³-hybridized carbons (Fsp3) is 0.400. The molecule has 3 rings (SSSR count). The predicted molar refractivity (Wildman–Crippen MR) is 123 cm³/mol. The van der Waals surface area contributed by atoms with Gasteiger partial charge in [-0.1, -0.05) is 48.8 Å². The quantitative estimate of drug-likeness (QED) is 0.526. The molecule has 0 bridgehead atoms.